The molecule has 0 aliphatic heterocycles. The van der Waals surface area contributed by atoms with Gasteiger partial charge in [-0.05, 0) is 62.5 Å². The van der Waals surface area contributed by atoms with Crippen LogP contribution in [0.5, 0.6) is 17.4 Å². The number of aryl methyl sites for hydroxylation is 1. The maximum Gasteiger partial charge on any atom is 0.319 e. The van der Waals surface area contributed by atoms with Gasteiger partial charge in [-0.3, -0.25) is 0 Å². The number of halogens is 1. The fourth-order valence-corrected chi connectivity index (χ4v) is 3.04. The molecular weight excluding hydrogens is 411 g/mol. The number of anilines is 1. The van der Waals surface area contributed by atoms with Gasteiger partial charge in [0.1, 0.15) is 5.82 Å². The van der Waals surface area contributed by atoms with Crippen LogP contribution in [-0.4, -0.2) is 37.1 Å². The molecule has 2 N–H and O–H groups in total. The number of ether oxygens (including phenoxy) is 2. The van der Waals surface area contributed by atoms with Gasteiger partial charge in [-0.2, -0.15) is 0 Å². The summed E-state index contributed by atoms with van der Waals surface area (Å²) < 4.78 is 25.0. The minimum absolute atomic E-state index is 0.261. The SMILES string of the molecule is COc1cc(C)ccc1Oc1ccc(NC(=O)NCc2ccc(F)c(CN(C)C)c2)cn1. The molecule has 1 heterocycles. The van der Waals surface area contributed by atoms with E-state index in [2.05, 4.69) is 15.6 Å². The van der Waals surface area contributed by atoms with E-state index in [4.69, 9.17) is 9.47 Å². The third kappa shape index (κ3) is 6.42. The van der Waals surface area contributed by atoms with Crippen LogP contribution in [0.15, 0.2) is 54.7 Å². The van der Waals surface area contributed by atoms with E-state index < -0.39 is 0 Å². The molecule has 0 fully saturated rings. The topological polar surface area (TPSA) is 75.7 Å². The number of nitrogens with zero attached hydrogens (tertiary/aromatic N) is 2. The first kappa shape index (κ1) is 23.0. The summed E-state index contributed by atoms with van der Waals surface area (Å²) in [5.41, 5.74) is 2.97. The van der Waals surface area contributed by atoms with Crippen LogP contribution >= 0.6 is 0 Å². The van der Waals surface area contributed by atoms with Crippen molar-refractivity contribution < 1.29 is 18.7 Å². The smallest absolute Gasteiger partial charge is 0.319 e. The molecule has 3 aromatic rings. The number of aromatic nitrogens is 1. The normalized spacial score (nSPS) is 10.7. The molecule has 0 atom stereocenters. The van der Waals surface area contributed by atoms with Crippen LogP contribution in [0, 0.1) is 12.7 Å². The Bertz CT molecular complexity index is 1070. The third-order valence-electron chi connectivity index (χ3n) is 4.58. The molecule has 0 saturated carbocycles. The van der Waals surface area contributed by atoms with E-state index in [1.54, 1.807) is 31.4 Å². The summed E-state index contributed by atoms with van der Waals surface area (Å²) >= 11 is 0. The molecule has 1 aromatic heterocycles. The van der Waals surface area contributed by atoms with Crippen molar-refractivity contribution in [2.75, 3.05) is 26.5 Å². The number of nitrogens with one attached hydrogen (secondary N) is 2. The number of amides is 2. The van der Waals surface area contributed by atoms with E-state index in [0.29, 0.717) is 35.2 Å². The van der Waals surface area contributed by atoms with Crippen LogP contribution in [-0.2, 0) is 13.1 Å². The van der Waals surface area contributed by atoms with Crippen molar-refractivity contribution in [2.24, 2.45) is 0 Å². The van der Waals surface area contributed by atoms with Crippen LogP contribution in [0.1, 0.15) is 16.7 Å². The quantitative estimate of drug-likeness (QED) is 0.533. The zero-order chi connectivity index (χ0) is 23.1. The predicted molar refractivity (Wildman–Crippen MR) is 122 cm³/mol. The van der Waals surface area contributed by atoms with Crippen molar-refractivity contribution in [1.82, 2.24) is 15.2 Å². The highest BCUT2D eigenvalue weighted by Gasteiger charge is 2.09. The lowest BCUT2D eigenvalue weighted by molar-refractivity contribution is 0.251. The predicted octanol–water partition coefficient (Wildman–Crippen LogP) is 4.71. The molecular formula is C24H27FN4O3. The maximum absolute atomic E-state index is 13.9. The summed E-state index contributed by atoms with van der Waals surface area (Å²) in [4.78, 5) is 18.3. The minimum atomic E-state index is -0.390. The van der Waals surface area contributed by atoms with Crippen molar-refractivity contribution in [3.05, 3.63) is 77.2 Å². The van der Waals surface area contributed by atoms with Crippen molar-refractivity contribution in [3.8, 4) is 17.4 Å². The monoisotopic (exact) mass is 438 g/mol. The first-order valence-corrected chi connectivity index (χ1v) is 10.1. The average molecular weight is 439 g/mol. The van der Waals surface area contributed by atoms with E-state index >= 15 is 0 Å². The first-order chi connectivity index (χ1) is 15.3. The molecule has 0 aliphatic carbocycles. The fraction of sp³-hybridized carbons (Fsp3) is 0.250. The number of urea groups is 1. The summed E-state index contributed by atoms with van der Waals surface area (Å²) in [7, 11) is 5.33. The molecule has 0 radical (unpaired) electrons. The third-order valence-corrected chi connectivity index (χ3v) is 4.58. The van der Waals surface area contributed by atoms with Crippen molar-refractivity contribution >= 4 is 11.7 Å². The van der Waals surface area contributed by atoms with Crippen LogP contribution < -0.4 is 20.1 Å². The van der Waals surface area contributed by atoms with Gasteiger partial charge in [-0.25, -0.2) is 14.2 Å². The number of benzene rings is 2. The summed E-state index contributed by atoms with van der Waals surface area (Å²) in [5, 5.41) is 5.48. The van der Waals surface area contributed by atoms with Gasteiger partial charge < -0.3 is 25.0 Å². The molecule has 2 aromatic carbocycles. The van der Waals surface area contributed by atoms with Crippen LogP contribution in [0.2, 0.25) is 0 Å². The maximum atomic E-state index is 13.9. The summed E-state index contributed by atoms with van der Waals surface area (Å²) in [6.07, 6.45) is 1.50. The summed E-state index contributed by atoms with van der Waals surface area (Å²) in [6, 6.07) is 13.4. The largest absolute Gasteiger partial charge is 0.493 e. The highest BCUT2D eigenvalue weighted by atomic mass is 19.1. The van der Waals surface area contributed by atoms with Crippen LogP contribution in [0.3, 0.4) is 0 Å². The molecule has 0 bridgehead atoms. The second-order valence-electron chi connectivity index (χ2n) is 7.61. The lowest BCUT2D eigenvalue weighted by Crippen LogP contribution is -2.28. The van der Waals surface area contributed by atoms with Gasteiger partial charge in [0.05, 0.1) is 19.0 Å². The zero-order valence-corrected chi connectivity index (χ0v) is 18.6. The summed E-state index contributed by atoms with van der Waals surface area (Å²) in [6.45, 7) is 2.73. The Labute approximate surface area is 187 Å². The van der Waals surface area contributed by atoms with Crippen LogP contribution in [0.25, 0.3) is 0 Å². The van der Waals surface area contributed by atoms with E-state index in [-0.39, 0.29) is 18.4 Å². The Hall–Kier alpha value is -3.65. The zero-order valence-electron chi connectivity index (χ0n) is 18.6. The molecule has 32 heavy (non-hydrogen) atoms. The summed E-state index contributed by atoms with van der Waals surface area (Å²) in [5.74, 6) is 1.28. The molecule has 8 heteroatoms. The number of carbonyl (C=O) groups excluding carboxylic acids is 1. The van der Waals surface area contributed by atoms with Gasteiger partial charge in [-0.1, -0.05) is 12.1 Å². The molecule has 7 nitrogen and oxygen atoms in total. The molecule has 0 aliphatic rings. The Kier molecular flexibility index (Phi) is 7.62. The van der Waals surface area contributed by atoms with Crippen LogP contribution in [0.4, 0.5) is 14.9 Å². The Morgan fingerprint density at radius 3 is 2.59 bits per heavy atom. The van der Waals surface area contributed by atoms with Gasteiger partial charge in [0.15, 0.2) is 11.5 Å². The highest BCUT2D eigenvalue weighted by Crippen LogP contribution is 2.31. The van der Waals surface area contributed by atoms with Crippen molar-refractivity contribution in [2.45, 2.75) is 20.0 Å². The van der Waals surface area contributed by atoms with E-state index in [1.807, 2.05) is 44.1 Å². The Balaban J connectivity index is 1.55. The average Bonchev–Trinajstić information content (AvgIpc) is 2.76. The highest BCUT2D eigenvalue weighted by molar-refractivity contribution is 5.89. The Morgan fingerprint density at radius 2 is 1.91 bits per heavy atom. The standard InChI is InChI=1S/C24H27FN4O3/c1-16-5-9-21(22(11-16)31-4)32-23-10-7-19(14-26-23)28-24(30)27-13-17-6-8-20(25)18(12-17)15-29(2)3/h5-12,14H,13,15H2,1-4H3,(H2,27,28,30). The molecule has 0 spiro atoms. The molecule has 168 valence electrons. The van der Waals surface area contributed by atoms with E-state index in [0.717, 1.165) is 11.1 Å². The lowest BCUT2D eigenvalue weighted by atomic mass is 10.1. The minimum Gasteiger partial charge on any atom is -0.493 e. The second-order valence-corrected chi connectivity index (χ2v) is 7.61. The Morgan fingerprint density at radius 1 is 1.09 bits per heavy atom. The fourth-order valence-electron chi connectivity index (χ4n) is 3.04. The first-order valence-electron chi connectivity index (χ1n) is 10.1. The molecule has 0 unspecified atom stereocenters. The second kappa shape index (κ2) is 10.6. The molecule has 0 saturated heterocycles. The lowest BCUT2D eigenvalue weighted by Gasteiger charge is -2.13. The number of rotatable bonds is 8. The number of pyridine rings is 1. The number of hydrogen-bond donors (Lipinski definition) is 2. The van der Waals surface area contributed by atoms with Gasteiger partial charge in [0.25, 0.3) is 0 Å². The van der Waals surface area contributed by atoms with Crippen molar-refractivity contribution in [3.63, 3.8) is 0 Å². The van der Waals surface area contributed by atoms with Gasteiger partial charge in [0.2, 0.25) is 5.88 Å². The molecule has 3 rings (SSSR count). The number of hydrogen-bond acceptors (Lipinski definition) is 5. The van der Waals surface area contributed by atoms with Crippen molar-refractivity contribution in [1.29, 1.82) is 0 Å². The number of carbonyl (C=O) groups is 1. The van der Waals surface area contributed by atoms with E-state index in [1.165, 1.54) is 12.3 Å². The van der Waals surface area contributed by atoms with Gasteiger partial charge >= 0.3 is 6.03 Å². The number of methoxy groups -OCH3 is 1. The van der Waals surface area contributed by atoms with Gasteiger partial charge in [0, 0.05) is 24.7 Å². The van der Waals surface area contributed by atoms with E-state index in [9.17, 15) is 9.18 Å². The van der Waals surface area contributed by atoms with Gasteiger partial charge in [-0.15, -0.1) is 0 Å². The molecule has 2 amide bonds.